The van der Waals surface area contributed by atoms with Gasteiger partial charge in [-0.3, -0.25) is 9.59 Å². The van der Waals surface area contributed by atoms with Crippen LogP contribution in [0, 0.1) is 5.82 Å². The topological polar surface area (TPSA) is 52.7 Å². The number of carbonyl (C=O) groups excluding carboxylic acids is 2. The molecule has 1 N–H and O–H groups in total. The van der Waals surface area contributed by atoms with Crippen molar-refractivity contribution in [1.29, 1.82) is 0 Å². The minimum absolute atomic E-state index is 0.00233. The molecule has 31 heavy (non-hydrogen) atoms. The standard InChI is InChI=1S/C24H21ClFN3O2/c25-18-7-5-17(6-8-18)24(31)29-15-13-28(14-16-29)20-11-9-19(10-12-20)27-23(30)21-3-1-2-4-22(21)26/h1-12H,13-16H2,(H,27,30). The maximum absolute atomic E-state index is 13.8. The summed E-state index contributed by atoms with van der Waals surface area (Å²) in [4.78, 5) is 28.9. The largest absolute Gasteiger partial charge is 0.368 e. The summed E-state index contributed by atoms with van der Waals surface area (Å²) in [6.45, 7) is 2.65. The van der Waals surface area contributed by atoms with Gasteiger partial charge in [0.15, 0.2) is 0 Å². The fourth-order valence-corrected chi connectivity index (χ4v) is 3.67. The number of hydrogen-bond acceptors (Lipinski definition) is 3. The van der Waals surface area contributed by atoms with E-state index < -0.39 is 11.7 Å². The summed E-state index contributed by atoms with van der Waals surface area (Å²) in [6, 6.07) is 20.2. The van der Waals surface area contributed by atoms with Crippen molar-refractivity contribution < 1.29 is 14.0 Å². The molecule has 7 heteroatoms. The highest BCUT2D eigenvalue weighted by Gasteiger charge is 2.22. The number of amides is 2. The molecular weight excluding hydrogens is 417 g/mol. The fraction of sp³-hybridized carbons (Fsp3) is 0.167. The molecule has 0 unspecified atom stereocenters. The minimum Gasteiger partial charge on any atom is -0.368 e. The van der Waals surface area contributed by atoms with E-state index in [9.17, 15) is 14.0 Å². The Morgan fingerprint density at radius 1 is 0.839 bits per heavy atom. The van der Waals surface area contributed by atoms with Crippen molar-refractivity contribution in [3.63, 3.8) is 0 Å². The molecule has 158 valence electrons. The Hall–Kier alpha value is -3.38. The van der Waals surface area contributed by atoms with Gasteiger partial charge in [-0.1, -0.05) is 23.7 Å². The third-order valence-corrected chi connectivity index (χ3v) is 5.52. The van der Waals surface area contributed by atoms with Gasteiger partial charge in [0.1, 0.15) is 5.82 Å². The lowest BCUT2D eigenvalue weighted by atomic mass is 10.1. The molecule has 1 fully saturated rings. The van der Waals surface area contributed by atoms with Crippen molar-refractivity contribution >= 4 is 34.8 Å². The Morgan fingerprint density at radius 2 is 1.48 bits per heavy atom. The highest BCUT2D eigenvalue weighted by atomic mass is 35.5. The molecule has 0 aromatic heterocycles. The van der Waals surface area contributed by atoms with Gasteiger partial charge in [0, 0.05) is 48.1 Å². The molecule has 1 aliphatic heterocycles. The van der Waals surface area contributed by atoms with Crippen LogP contribution in [-0.4, -0.2) is 42.9 Å². The van der Waals surface area contributed by atoms with E-state index in [1.165, 1.54) is 12.1 Å². The summed E-state index contributed by atoms with van der Waals surface area (Å²) >= 11 is 5.89. The summed E-state index contributed by atoms with van der Waals surface area (Å²) < 4.78 is 13.8. The minimum atomic E-state index is -0.553. The van der Waals surface area contributed by atoms with E-state index in [1.54, 1.807) is 48.5 Å². The first kappa shape index (κ1) is 20.9. The third-order valence-electron chi connectivity index (χ3n) is 5.27. The van der Waals surface area contributed by atoms with Crippen LogP contribution in [0.15, 0.2) is 72.8 Å². The Balaban J connectivity index is 1.34. The average Bonchev–Trinajstić information content (AvgIpc) is 2.80. The monoisotopic (exact) mass is 437 g/mol. The summed E-state index contributed by atoms with van der Waals surface area (Å²) in [5.41, 5.74) is 2.23. The number of rotatable bonds is 4. The van der Waals surface area contributed by atoms with E-state index in [-0.39, 0.29) is 11.5 Å². The second-order valence-corrected chi connectivity index (χ2v) is 7.70. The molecule has 0 bridgehead atoms. The van der Waals surface area contributed by atoms with Crippen molar-refractivity contribution in [2.45, 2.75) is 0 Å². The highest BCUT2D eigenvalue weighted by Crippen LogP contribution is 2.21. The molecule has 0 saturated carbocycles. The van der Waals surface area contributed by atoms with Crippen LogP contribution in [-0.2, 0) is 0 Å². The second kappa shape index (κ2) is 9.18. The lowest BCUT2D eigenvalue weighted by Gasteiger charge is -2.36. The first-order chi connectivity index (χ1) is 15.0. The van der Waals surface area contributed by atoms with Crippen molar-refractivity contribution in [2.75, 3.05) is 36.4 Å². The second-order valence-electron chi connectivity index (χ2n) is 7.27. The van der Waals surface area contributed by atoms with Gasteiger partial charge in [-0.2, -0.15) is 0 Å². The number of carbonyl (C=O) groups is 2. The molecule has 1 saturated heterocycles. The first-order valence-electron chi connectivity index (χ1n) is 9.97. The van der Waals surface area contributed by atoms with Crippen molar-refractivity contribution in [3.8, 4) is 0 Å². The van der Waals surface area contributed by atoms with E-state index in [1.807, 2.05) is 17.0 Å². The van der Waals surface area contributed by atoms with Crippen LogP contribution in [0.3, 0.4) is 0 Å². The van der Waals surface area contributed by atoms with Crippen LogP contribution in [0.1, 0.15) is 20.7 Å². The zero-order valence-corrected chi connectivity index (χ0v) is 17.5. The Kier molecular flexibility index (Phi) is 6.18. The van der Waals surface area contributed by atoms with Crippen LogP contribution in [0.25, 0.3) is 0 Å². The molecule has 4 rings (SSSR count). The number of nitrogens with one attached hydrogen (secondary N) is 1. The van der Waals surface area contributed by atoms with Gasteiger partial charge in [0.25, 0.3) is 11.8 Å². The Morgan fingerprint density at radius 3 is 2.13 bits per heavy atom. The average molecular weight is 438 g/mol. The van der Waals surface area contributed by atoms with Crippen molar-refractivity contribution in [1.82, 2.24) is 4.90 Å². The summed E-state index contributed by atoms with van der Waals surface area (Å²) in [7, 11) is 0. The molecule has 3 aromatic carbocycles. The van der Waals surface area contributed by atoms with Crippen LogP contribution < -0.4 is 10.2 Å². The van der Waals surface area contributed by atoms with E-state index in [0.717, 1.165) is 5.69 Å². The lowest BCUT2D eigenvalue weighted by Crippen LogP contribution is -2.48. The number of halogens is 2. The molecule has 0 aliphatic carbocycles. The molecule has 3 aromatic rings. The van der Waals surface area contributed by atoms with E-state index in [4.69, 9.17) is 11.6 Å². The van der Waals surface area contributed by atoms with Crippen molar-refractivity contribution in [2.24, 2.45) is 0 Å². The predicted molar refractivity (Wildman–Crippen MR) is 120 cm³/mol. The molecule has 1 aliphatic rings. The molecule has 0 radical (unpaired) electrons. The fourth-order valence-electron chi connectivity index (χ4n) is 3.54. The van der Waals surface area contributed by atoms with E-state index >= 15 is 0 Å². The summed E-state index contributed by atoms with van der Waals surface area (Å²) in [6.07, 6.45) is 0. The zero-order chi connectivity index (χ0) is 21.8. The Bertz CT molecular complexity index is 1080. The molecular formula is C24H21ClFN3O2. The van der Waals surface area contributed by atoms with Crippen LogP contribution >= 0.6 is 11.6 Å². The van der Waals surface area contributed by atoms with Gasteiger partial charge in [0.2, 0.25) is 0 Å². The number of benzene rings is 3. The smallest absolute Gasteiger partial charge is 0.258 e. The van der Waals surface area contributed by atoms with Gasteiger partial charge in [-0.25, -0.2) is 4.39 Å². The van der Waals surface area contributed by atoms with Crippen LogP contribution in [0.2, 0.25) is 5.02 Å². The first-order valence-corrected chi connectivity index (χ1v) is 10.3. The predicted octanol–water partition coefficient (Wildman–Crippen LogP) is 4.69. The number of piperazine rings is 1. The van der Waals surface area contributed by atoms with Gasteiger partial charge in [0.05, 0.1) is 5.56 Å². The summed E-state index contributed by atoms with van der Waals surface area (Å²) in [5, 5.41) is 3.32. The van der Waals surface area contributed by atoms with Crippen LogP contribution in [0.5, 0.6) is 0 Å². The van der Waals surface area contributed by atoms with E-state index in [0.29, 0.717) is 42.5 Å². The molecule has 1 heterocycles. The maximum atomic E-state index is 13.8. The molecule has 5 nitrogen and oxygen atoms in total. The molecule has 2 amide bonds. The van der Waals surface area contributed by atoms with Crippen LogP contribution in [0.4, 0.5) is 15.8 Å². The quantitative estimate of drug-likeness (QED) is 0.644. The van der Waals surface area contributed by atoms with E-state index in [2.05, 4.69) is 10.2 Å². The molecule has 0 spiro atoms. The maximum Gasteiger partial charge on any atom is 0.258 e. The van der Waals surface area contributed by atoms with Gasteiger partial charge in [-0.05, 0) is 60.7 Å². The summed E-state index contributed by atoms with van der Waals surface area (Å²) in [5.74, 6) is -1.04. The number of hydrogen-bond donors (Lipinski definition) is 1. The Labute approximate surface area is 185 Å². The van der Waals surface area contributed by atoms with Gasteiger partial charge >= 0.3 is 0 Å². The number of nitrogens with zero attached hydrogens (tertiary/aromatic N) is 2. The zero-order valence-electron chi connectivity index (χ0n) is 16.7. The lowest BCUT2D eigenvalue weighted by molar-refractivity contribution is 0.0746. The normalized spacial score (nSPS) is 13.7. The van der Waals surface area contributed by atoms with Crippen molar-refractivity contribution in [3.05, 3.63) is 94.8 Å². The number of anilines is 2. The SMILES string of the molecule is O=C(Nc1ccc(N2CCN(C(=O)c3ccc(Cl)cc3)CC2)cc1)c1ccccc1F. The van der Waals surface area contributed by atoms with Gasteiger partial charge in [-0.15, -0.1) is 0 Å². The highest BCUT2D eigenvalue weighted by molar-refractivity contribution is 6.30. The third kappa shape index (κ3) is 4.86. The van der Waals surface area contributed by atoms with Gasteiger partial charge < -0.3 is 15.1 Å². The molecule has 0 atom stereocenters.